The Kier molecular flexibility index (Phi) is 3.33. The van der Waals surface area contributed by atoms with Crippen molar-refractivity contribution in [2.45, 2.75) is 31.7 Å². The van der Waals surface area contributed by atoms with Gasteiger partial charge >= 0.3 is 5.97 Å². The molecule has 92 valence electrons. The molecule has 0 saturated carbocycles. The summed E-state index contributed by atoms with van der Waals surface area (Å²) < 4.78 is 5.32. The first-order valence-electron chi connectivity index (χ1n) is 5.79. The summed E-state index contributed by atoms with van der Waals surface area (Å²) >= 11 is 0. The number of nitrogens with two attached hydrogens (primary N) is 1. The van der Waals surface area contributed by atoms with Crippen molar-refractivity contribution in [1.82, 2.24) is 0 Å². The smallest absolute Gasteiger partial charge is 0.320 e. The fourth-order valence-electron chi connectivity index (χ4n) is 2.45. The number of ether oxygens (including phenoxy) is 1. The molecule has 0 radical (unpaired) electrons. The van der Waals surface area contributed by atoms with Crippen molar-refractivity contribution < 1.29 is 14.6 Å². The normalized spacial score (nSPS) is 15.4. The largest absolute Gasteiger partial charge is 0.496 e. The van der Waals surface area contributed by atoms with E-state index in [1.165, 1.54) is 11.1 Å². The Bertz CT molecular complexity index is 443. The van der Waals surface area contributed by atoms with Gasteiger partial charge in [-0.15, -0.1) is 0 Å². The zero-order valence-corrected chi connectivity index (χ0v) is 9.90. The second-order valence-corrected chi connectivity index (χ2v) is 4.39. The van der Waals surface area contributed by atoms with Crippen LogP contribution in [-0.4, -0.2) is 24.2 Å². The van der Waals surface area contributed by atoms with Gasteiger partial charge in [-0.3, -0.25) is 4.79 Å². The van der Waals surface area contributed by atoms with E-state index in [9.17, 15) is 4.79 Å². The summed E-state index contributed by atoms with van der Waals surface area (Å²) in [5.41, 5.74) is 9.09. The SMILES string of the molecule is COc1ccc(CC(N)C(=O)O)c2c1CCC2. The third-order valence-corrected chi connectivity index (χ3v) is 3.32. The van der Waals surface area contributed by atoms with Crippen LogP contribution in [0.1, 0.15) is 23.1 Å². The number of hydrogen-bond donors (Lipinski definition) is 2. The third kappa shape index (κ3) is 2.26. The molecule has 17 heavy (non-hydrogen) atoms. The van der Waals surface area contributed by atoms with E-state index >= 15 is 0 Å². The van der Waals surface area contributed by atoms with Crippen LogP contribution in [0.2, 0.25) is 0 Å². The monoisotopic (exact) mass is 235 g/mol. The van der Waals surface area contributed by atoms with E-state index < -0.39 is 12.0 Å². The van der Waals surface area contributed by atoms with Crippen molar-refractivity contribution in [3.63, 3.8) is 0 Å². The van der Waals surface area contributed by atoms with Crippen LogP contribution in [0.25, 0.3) is 0 Å². The van der Waals surface area contributed by atoms with Crippen LogP contribution in [0.15, 0.2) is 12.1 Å². The quantitative estimate of drug-likeness (QED) is 0.820. The highest BCUT2D eigenvalue weighted by molar-refractivity contribution is 5.73. The van der Waals surface area contributed by atoms with Gasteiger partial charge in [-0.2, -0.15) is 0 Å². The highest BCUT2D eigenvalue weighted by atomic mass is 16.5. The lowest BCUT2D eigenvalue weighted by Crippen LogP contribution is -2.32. The van der Waals surface area contributed by atoms with Crippen molar-refractivity contribution >= 4 is 5.97 Å². The molecule has 1 aromatic rings. The van der Waals surface area contributed by atoms with Gasteiger partial charge in [-0.05, 0) is 48.4 Å². The van der Waals surface area contributed by atoms with Crippen LogP contribution in [0.4, 0.5) is 0 Å². The number of carbonyl (C=O) groups is 1. The molecule has 1 aliphatic rings. The first-order valence-corrected chi connectivity index (χ1v) is 5.79. The number of methoxy groups -OCH3 is 1. The highest BCUT2D eigenvalue weighted by Crippen LogP contribution is 2.33. The molecule has 0 amide bonds. The molecule has 0 heterocycles. The molecule has 3 N–H and O–H groups in total. The standard InChI is InChI=1S/C13H17NO3/c1-17-12-6-5-8(7-11(14)13(15)16)9-3-2-4-10(9)12/h5-6,11H,2-4,7,14H2,1H3,(H,15,16). The summed E-state index contributed by atoms with van der Waals surface area (Å²) in [6.07, 6.45) is 3.50. The van der Waals surface area contributed by atoms with E-state index in [-0.39, 0.29) is 0 Å². The minimum atomic E-state index is -0.951. The minimum Gasteiger partial charge on any atom is -0.496 e. The second kappa shape index (κ2) is 4.75. The van der Waals surface area contributed by atoms with Gasteiger partial charge < -0.3 is 15.6 Å². The number of carboxylic acids is 1. The molecule has 1 unspecified atom stereocenters. The van der Waals surface area contributed by atoms with Gasteiger partial charge in [0.15, 0.2) is 0 Å². The molecule has 0 aliphatic heterocycles. The lowest BCUT2D eigenvalue weighted by Gasteiger charge is -2.14. The Labute approximate surface area is 100 Å². The van der Waals surface area contributed by atoms with Crippen molar-refractivity contribution in [2.24, 2.45) is 5.73 Å². The van der Waals surface area contributed by atoms with Crippen LogP contribution >= 0.6 is 0 Å². The molecule has 1 aromatic carbocycles. The molecular weight excluding hydrogens is 218 g/mol. The van der Waals surface area contributed by atoms with Gasteiger partial charge in [0, 0.05) is 0 Å². The molecule has 1 atom stereocenters. The first kappa shape index (κ1) is 11.9. The Morgan fingerprint density at radius 2 is 2.18 bits per heavy atom. The lowest BCUT2D eigenvalue weighted by molar-refractivity contribution is -0.138. The summed E-state index contributed by atoms with van der Waals surface area (Å²) in [5.74, 6) is -0.0438. The molecule has 2 rings (SSSR count). The summed E-state index contributed by atoms with van der Waals surface area (Å²) in [6.45, 7) is 0. The van der Waals surface area contributed by atoms with E-state index in [1.54, 1.807) is 7.11 Å². The summed E-state index contributed by atoms with van der Waals surface area (Å²) in [7, 11) is 1.66. The van der Waals surface area contributed by atoms with Gasteiger partial charge in [0.25, 0.3) is 0 Å². The summed E-state index contributed by atoms with van der Waals surface area (Å²) in [4.78, 5) is 10.8. The number of fused-ring (bicyclic) bond motifs is 1. The Hall–Kier alpha value is -1.55. The van der Waals surface area contributed by atoms with Gasteiger partial charge in [0.05, 0.1) is 7.11 Å². The fraction of sp³-hybridized carbons (Fsp3) is 0.462. The second-order valence-electron chi connectivity index (χ2n) is 4.39. The molecule has 0 saturated heterocycles. The van der Waals surface area contributed by atoms with Gasteiger partial charge in [-0.1, -0.05) is 6.07 Å². The summed E-state index contributed by atoms with van der Waals surface area (Å²) in [5, 5.41) is 8.84. The Balaban J connectivity index is 2.30. The van der Waals surface area contributed by atoms with Gasteiger partial charge in [0.1, 0.15) is 11.8 Å². The molecule has 4 heteroatoms. The predicted octanol–water partition coefficient (Wildman–Crippen LogP) is 1.14. The third-order valence-electron chi connectivity index (χ3n) is 3.32. The molecule has 1 aliphatic carbocycles. The molecular formula is C13H17NO3. The van der Waals surface area contributed by atoms with E-state index in [2.05, 4.69) is 0 Å². The average Bonchev–Trinajstić information content (AvgIpc) is 2.78. The van der Waals surface area contributed by atoms with Crippen LogP contribution in [-0.2, 0) is 24.1 Å². The lowest BCUT2D eigenvalue weighted by atomic mass is 9.97. The fourth-order valence-corrected chi connectivity index (χ4v) is 2.45. The number of aliphatic carboxylic acids is 1. The summed E-state index contributed by atoms with van der Waals surface area (Å²) in [6, 6.07) is 3.02. The van der Waals surface area contributed by atoms with Crippen molar-refractivity contribution in [3.8, 4) is 5.75 Å². The van der Waals surface area contributed by atoms with E-state index in [0.29, 0.717) is 6.42 Å². The van der Waals surface area contributed by atoms with Crippen LogP contribution in [0.3, 0.4) is 0 Å². The van der Waals surface area contributed by atoms with Crippen molar-refractivity contribution in [2.75, 3.05) is 7.11 Å². The van der Waals surface area contributed by atoms with Crippen LogP contribution in [0, 0.1) is 0 Å². The number of carboxylic acid groups (broad SMARTS) is 1. The number of hydrogen-bond acceptors (Lipinski definition) is 3. The zero-order chi connectivity index (χ0) is 12.4. The Morgan fingerprint density at radius 1 is 1.47 bits per heavy atom. The van der Waals surface area contributed by atoms with E-state index in [4.69, 9.17) is 15.6 Å². The van der Waals surface area contributed by atoms with Crippen LogP contribution in [0.5, 0.6) is 5.75 Å². The maximum atomic E-state index is 10.8. The molecule has 0 fully saturated rings. The molecule has 0 bridgehead atoms. The van der Waals surface area contributed by atoms with Gasteiger partial charge in [-0.25, -0.2) is 0 Å². The van der Waals surface area contributed by atoms with E-state index in [0.717, 1.165) is 30.6 Å². The predicted molar refractivity (Wildman–Crippen MR) is 64.3 cm³/mol. The van der Waals surface area contributed by atoms with Crippen LogP contribution < -0.4 is 10.5 Å². The average molecular weight is 235 g/mol. The topological polar surface area (TPSA) is 72.5 Å². The van der Waals surface area contributed by atoms with E-state index in [1.807, 2.05) is 12.1 Å². The van der Waals surface area contributed by atoms with Crippen molar-refractivity contribution in [1.29, 1.82) is 0 Å². The first-order chi connectivity index (χ1) is 8.13. The highest BCUT2D eigenvalue weighted by Gasteiger charge is 2.21. The molecule has 0 aromatic heterocycles. The number of rotatable bonds is 4. The Morgan fingerprint density at radius 3 is 2.82 bits per heavy atom. The number of benzene rings is 1. The maximum Gasteiger partial charge on any atom is 0.320 e. The van der Waals surface area contributed by atoms with Gasteiger partial charge in [0.2, 0.25) is 0 Å². The van der Waals surface area contributed by atoms with Crippen molar-refractivity contribution in [3.05, 3.63) is 28.8 Å². The maximum absolute atomic E-state index is 10.8. The minimum absolute atomic E-state index is 0.391. The molecule has 4 nitrogen and oxygen atoms in total. The molecule has 0 spiro atoms. The zero-order valence-electron chi connectivity index (χ0n) is 9.90.